The van der Waals surface area contributed by atoms with Gasteiger partial charge in [0, 0.05) is 38.9 Å². The lowest BCUT2D eigenvalue weighted by molar-refractivity contribution is -0.131. The molecule has 1 heterocycles. The lowest BCUT2D eigenvalue weighted by Crippen LogP contribution is -2.32. The van der Waals surface area contributed by atoms with E-state index in [1.54, 1.807) is 0 Å². The molecule has 0 amide bonds. The average Bonchev–Trinajstić information content (AvgIpc) is 2.26. The van der Waals surface area contributed by atoms with Crippen molar-refractivity contribution in [3.63, 3.8) is 0 Å². The summed E-state index contributed by atoms with van der Waals surface area (Å²) in [6.45, 7) is 6.62. The third-order valence-electron chi connectivity index (χ3n) is 2.79. The summed E-state index contributed by atoms with van der Waals surface area (Å²) < 4.78 is 5.28. The molecule has 1 saturated heterocycles. The van der Waals surface area contributed by atoms with Gasteiger partial charge in [-0.3, -0.25) is 0 Å². The van der Waals surface area contributed by atoms with Crippen molar-refractivity contribution < 1.29 is 14.6 Å². The molecule has 0 atom stereocenters. The molecule has 0 unspecified atom stereocenters. The molecule has 4 heteroatoms. The van der Waals surface area contributed by atoms with Crippen molar-refractivity contribution in [1.29, 1.82) is 0 Å². The summed E-state index contributed by atoms with van der Waals surface area (Å²) in [7, 11) is 0. The molecule has 0 saturated carbocycles. The molecular weight excluding hydrogens is 206 g/mol. The van der Waals surface area contributed by atoms with Gasteiger partial charge >= 0.3 is 5.97 Å². The molecule has 0 aliphatic carbocycles. The summed E-state index contributed by atoms with van der Waals surface area (Å²) in [5.41, 5.74) is 1.06. The van der Waals surface area contributed by atoms with Crippen LogP contribution in [0, 0.1) is 0 Å². The fourth-order valence-electron chi connectivity index (χ4n) is 1.92. The molecule has 1 aliphatic rings. The lowest BCUT2D eigenvalue weighted by Gasteiger charge is -2.27. The largest absolute Gasteiger partial charge is 0.478 e. The predicted octanol–water partition coefficient (Wildman–Crippen LogP) is 1.52. The van der Waals surface area contributed by atoms with Gasteiger partial charge in [-0.25, -0.2) is 4.79 Å². The van der Waals surface area contributed by atoms with Crippen molar-refractivity contribution in [3.05, 3.63) is 11.6 Å². The molecule has 0 aromatic heterocycles. The number of carboxylic acids is 1. The van der Waals surface area contributed by atoms with Crippen LogP contribution in [0.25, 0.3) is 0 Å². The quantitative estimate of drug-likeness (QED) is 0.552. The van der Waals surface area contributed by atoms with Crippen molar-refractivity contribution in [2.45, 2.75) is 26.2 Å². The number of aliphatic carboxylic acids is 1. The maximum Gasteiger partial charge on any atom is 0.328 e. The highest BCUT2D eigenvalue weighted by atomic mass is 16.5. The first-order valence-electron chi connectivity index (χ1n) is 5.95. The van der Waals surface area contributed by atoms with E-state index in [9.17, 15) is 4.79 Å². The number of hydrogen-bond acceptors (Lipinski definition) is 3. The second-order valence-corrected chi connectivity index (χ2v) is 4.03. The van der Waals surface area contributed by atoms with Crippen molar-refractivity contribution in [3.8, 4) is 0 Å². The van der Waals surface area contributed by atoms with E-state index in [1.165, 1.54) is 6.08 Å². The molecular formula is C12H21NO3. The van der Waals surface area contributed by atoms with Crippen LogP contribution in [0.15, 0.2) is 11.6 Å². The fraction of sp³-hybridized carbons (Fsp3) is 0.750. The monoisotopic (exact) mass is 227 g/mol. The molecule has 0 aromatic rings. The Morgan fingerprint density at radius 1 is 1.50 bits per heavy atom. The van der Waals surface area contributed by atoms with Crippen LogP contribution in [0.5, 0.6) is 0 Å². The number of piperidine rings is 1. The molecule has 1 N–H and O–H groups in total. The van der Waals surface area contributed by atoms with Crippen LogP contribution in [-0.2, 0) is 9.53 Å². The zero-order valence-corrected chi connectivity index (χ0v) is 9.95. The van der Waals surface area contributed by atoms with Crippen LogP contribution in [0.1, 0.15) is 26.2 Å². The van der Waals surface area contributed by atoms with Gasteiger partial charge in [-0.2, -0.15) is 0 Å². The van der Waals surface area contributed by atoms with E-state index in [1.807, 2.05) is 6.92 Å². The highest BCUT2D eigenvalue weighted by Gasteiger charge is 2.13. The second kappa shape index (κ2) is 7.41. The van der Waals surface area contributed by atoms with Gasteiger partial charge in [-0.05, 0) is 26.2 Å². The first kappa shape index (κ1) is 13.2. The van der Waals surface area contributed by atoms with E-state index in [0.717, 1.165) is 57.7 Å². The van der Waals surface area contributed by atoms with E-state index in [2.05, 4.69) is 4.90 Å². The first-order valence-corrected chi connectivity index (χ1v) is 5.95. The molecule has 0 aromatic carbocycles. The van der Waals surface area contributed by atoms with E-state index in [0.29, 0.717) is 0 Å². The van der Waals surface area contributed by atoms with Gasteiger partial charge in [0.15, 0.2) is 0 Å². The normalized spacial score (nSPS) is 17.4. The highest BCUT2D eigenvalue weighted by Crippen LogP contribution is 2.15. The fourth-order valence-corrected chi connectivity index (χ4v) is 1.92. The molecule has 0 spiro atoms. The Bertz CT molecular complexity index is 241. The van der Waals surface area contributed by atoms with Gasteiger partial charge in [0.1, 0.15) is 0 Å². The molecule has 4 nitrogen and oxygen atoms in total. The SMILES string of the molecule is CCOCCCN1CCC(=CC(=O)O)CC1. The number of carboxylic acid groups (broad SMARTS) is 1. The van der Waals surface area contributed by atoms with Crippen LogP contribution in [0.4, 0.5) is 0 Å². The number of hydrogen-bond donors (Lipinski definition) is 1. The molecule has 0 bridgehead atoms. The zero-order chi connectivity index (χ0) is 11.8. The van der Waals surface area contributed by atoms with Crippen LogP contribution in [0.2, 0.25) is 0 Å². The number of nitrogens with zero attached hydrogens (tertiary/aromatic N) is 1. The van der Waals surface area contributed by atoms with E-state index < -0.39 is 5.97 Å². The van der Waals surface area contributed by atoms with Gasteiger partial charge < -0.3 is 14.7 Å². The minimum atomic E-state index is -0.820. The summed E-state index contributed by atoms with van der Waals surface area (Å²) in [5.74, 6) is -0.820. The highest BCUT2D eigenvalue weighted by molar-refractivity contribution is 5.80. The smallest absolute Gasteiger partial charge is 0.328 e. The van der Waals surface area contributed by atoms with Crippen LogP contribution >= 0.6 is 0 Å². The standard InChI is InChI=1S/C12H21NO3/c1-2-16-9-3-6-13-7-4-11(5-8-13)10-12(14)15/h10H,2-9H2,1H3,(H,14,15). The number of likely N-dealkylation sites (tertiary alicyclic amines) is 1. The molecule has 92 valence electrons. The summed E-state index contributed by atoms with van der Waals surface area (Å²) in [4.78, 5) is 12.9. The van der Waals surface area contributed by atoms with Crippen molar-refractivity contribution >= 4 is 5.97 Å². The average molecular weight is 227 g/mol. The molecule has 1 aliphatic heterocycles. The Kier molecular flexibility index (Phi) is 6.11. The number of rotatable bonds is 6. The summed E-state index contributed by atoms with van der Waals surface area (Å²) in [6.07, 6.45) is 4.20. The minimum Gasteiger partial charge on any atom is -0.478 e. The van der Waals surface area contributed by atoms with Crippen molar-refractivity contribution in [2.75, 3.05) is 32.8 Å². The minimum absolute atomic E-state index is 0.783. The lowest BCUT2D eigenvalue weighted by atomic mass is 10.0. The van der Waals surface area contributed by atoms with Crippen molar-refractivity contribution in [1.82, 2.24) is 4.90 Å². The van der Waals surface area contributed by atoms with Gasteiger partial charge in [-0.1, -0.05) is 5.57 Å². The van der Waals surface area contributed by atoms with Crippen LogP contribution in [0.3, 0.4) is 0 Å². The van der Waals surface area contributed by atoms with Crippen molar-refractivity contribution in [2.24, 2.45) is 0 Å². The summed E-state index contributed by atoms with van der Waals surface area (Å²) in [5, 5.41) is 8.63. The molecule has 1 fully saturated rings. The number of carbonyl (C=O) groups is 1. The van der Waals surface area contributed by atoms with E-state index in [4.69, 9.17) is 9.84 Å². The Hall–Kier alpha value is -0.870. The third-order valence-corrected chi connectivity index (χ3v) is 2.79. The molecule has 16 heavy (non-hydrogen) atoms. The van der Waals surface area contributed by atoms with Gasteiger partial charge in [0.25, 0.3) is 0 Å². The Balaban J connectivity index is 2.14. The predicted molar refractivity (Wildman–Crippen MR) is 62.5 cm³/mol. The topological polar surface area (TPSA) is 49.8 Å². The van der Waals surface area contributed by atoms with E-state index >= 15 is 0 Å². The second-order valence-electron chi connectivity index (χ2n) is 4.03. The number of ether oxygens (including phenoxy) is 1. The van der Waals surface area contributed by atoms with E-state index in [-0.39, 0.29) is 0 Å². The van der Waals surface area contributed by atoms with Crippen LogP contribution < -0.4 is 0 Å². The summed E-state index contributed by atoms with van der Waals surface area (Å²) in [6, 6.07) is 0. The molecule has 0 radical (unpaired) electrons. The molecule has 1 rings (SSSR count). The third kappa shape index (κ3) is 5.28. The van der Waals surface area contributed by atoms with Crippen LogP contribution in [-0.4, -0.2) is 48.8 Å². The maximum atomic E-state index is 10.5. The maximum absolute atomic E-state index is 10.5. The van der Waals surface area contributed by atoms with Gasteiger partial charge in [0.05, 0.1) is 0 Å². The Morgan fingerprint density at radius 2 is 2.19 bits per heavy atom. The summed E-state index contributed by atoms with van der Waals surface area (Å²) >= 11 is 0. The Morgan fingerprint density at radius 3 is 2.75 bits per heavy atom. The van der Waals surface area contributed by atoms with Gasteiger partial charge in [0.2, 0.25) is 0 Å². The zero-order valence-electron chi connectivity index (χ0n) is 9.95. The Labute approximate surface area is 96.9 Å². The first-order chi connectivity index (χ1) is 7.72. The van der Waals surface area contributed by atoms with Gasteiger partial charge in [-0.15, -0.1) is 0 Å².